The second kappa shape index (κ2) is 6.83. The summed E-state index contributed by atoms with van der Waals surface area (Å²) in [6, 6.07) is 7.12. The van der Waals surface area contributed by atoms with Gasteiger partial charge in [-0.2, -0.15) is 0 Å². The maximum Gasteiger partial charge on any atom is -0.0219 e. The molecule has 0 N–H and O–H groups in total. The van der Waals surface area contributed by atoms with E-state index < -0.39 is 0 Å². The van der Waals surface area contributed by atoms with Gasteiger partial charge in [-0.15, -0.1) is 0 Å². The first-order chi connectivity index (χ1) is 8.20. The van der Waals surface area contributed by atoms with Crippen molar-refractivity contribution in [2.75, 3.05) is 0 Å². The van der Waals surface area contributed by atoms with Gasteiger partial charge in [0.05, 0.1) is 0 Å². The summed E-state index contributed by atoms with van der Waals surface area (Å²) in [7, 11) is 0. The van der Waals surface area contributed by atoms with Crippen molar-refractivity contribution in [1.29, 1.82) is 0 Å². The molecule has 0 saturated carbocycles. The standard InChI is InChI=1S/C15H22.C2H6/c1-4-12-5-6-13-7-8-14(11(2)3)10-15(13)9-12;1-2/h7-8,10-12H,4-6,9H2,1-3H3;1-2H3. The number of benzene rings is 1. The molecule has 0 saturated heterocycles. The quantitative estimate of drug-likeness (QED) is 0.644. The molecular weight excluding hydrogens is 204 g/mol. The molecule has 0 bridgehead atoms. The predicted octanol–water partition coefficient (Wildman–Crippen LogP) is 5.35. The second-order valence-electron chi connectivity index (χ2n) is 5.20. The minimum absolute atomic E-state index is 0.664. The monoisotopic (exact) mass is 232 g/mol. The molecule has 1 atom stereocenters. The predicted molar refractivity (Wildman–Crippen MR) is 77.7 cm³/mol. The molecule has 1 aliphatic rings. The number of hydrogen-bond donors (Lipinski definition) is 0. The number of hydrogen-bond acceptors (Lipinski definition) is 0. The summed E-state index contributed by atoms with van der Waals surface area (Å²) in [4.78, 5) is 0. The van der Waals surface area contributed by atoms with Crippen molar-refractivity contribution < 1.29 is 0 Å². The molecule has 0 heteroatoms. The highest BCUT2D eigenvalue weighted by Crippen LogP contribution is 2.29. The molecule has 0 aromatic heterocycles. The molecule has 0 heterocycles. The van der Waals surface area contributed by atoms with Gasteiger partial charge in [0.2, 0.25) is 0 Å². The third-order valence-electron chi connectivity index (χ3n) is 3.80. The molecule has 2 rings (SSSR count). The van der Waals surface area contributed by atoms with Crippen LogP contribution < -0.4 is 0 Å². The highest BCUT2D eigenvalue weighted by Gasteiger charge is 2.17. The van der Waals surface area contributed by atoms with Crippen LogP contribution in [0.15, 0.2) is 18.2 Å². The normalized spacial score (nSPS) is 18.4. The van der Waals surface area contributed by atoms with Crippen LogP contribution in [0.25, 0.3) is 0 Å². The van der Waals surface area contributed by atoms with Crippen molar-refractivity contribution in [1.82, 2.24) is 0 Å². The van der Waals surface area contributed by atoms with Crippen molar-refractivity contribution in [3.05, 3.63) is 34.9 Å². The summed E-state index contributed by atoms with van der Waals surface area (Å²) >= 11 is 0. The fraction of sp³-hybridized carbons (Fsp3) is 0.647. The summed E-state index contributed by atoms with van der Waals surface area (Å²) in [6.45, 7) is 10.9. The van der Waals surface area contributed by atoms with E-state index in [4.69, 9.17) is 0 Å². The highest BCUT2D eigenvalue weighted by atomic mass is 14.2. The second-order valence-corrected chi connectivity index (χ2v) is 5.20. The minimum Gasteiger partial charge on any atom is -0.0683 e. The van der Waals surface area contributed by atoms with Gasteiger partial charge in [0.1, 0.15) is 0 Å². The lowest BCUT2D eigenvalue weighted by Gasteiger charge is -2.24. The van der Waals surface area contributed by atoms with E-state index in [1.807, 2.05) is 13.8 Å². The minimum atomic E-state index is 0.664. The molecular formula is C17H28. The van der Waals surface area contributed by atoms with Crippen molar-refractivity contribution in [2.24, 2.45) is 5.92 Å². The molecule has 0 spiro atoms. The summed E-state index contributed by atoms with van der Waals surface area (Å²) in [5, 5.41) is 0. The molecule has 17 heavy (non-hydrogen) atoms. The lowest BCUT2D eigenvalue weighted by atomic mass is 9.81. The van der Waals surface area contributed by atoms with Crippen molar-refractivity contribution in [3.8, 4) is 0 Å². The van der Waals surface area contributed by atoms with E-state index in [-0.39, 0.29) is 0 Å². The van der Waals surface area contributed by atoms with Crippen LogP contribution in [0.1, 0.15) is 70.1 Å². The molecule has 0 fully saturated rings. The van der Waals surface area contributed by atoms with Crippen LogP contribution in [0.3, 0.4) is 0 Å². The Hall–Kier alpha value is -0.780. The van der Waals surface area contributed by atoms with Crippen LogP contribution in [0, 0.1) is 5.92 Å². The Bertz CT molecular complexity index is 336. The SMILES string of the molecule is CC.CCC1CCc2ccc(C(C)C)cc2C1. The average molecular weight is 232 g/mol. The molecule has 1 aromatic carbocycles. The summed E-state index contributed by atoms with van der Waals surface area (Å²) in [5.74, 6) is 1.59. The molecule has 1 aliphatic carbocycles. The van der Waals surface area contributed by atoms with Crippen LogP contribution in [0.5, 0.6) is 0 Å². The Morgan fingerprint density at radius 3 is 2.47 bits per heavy atom. The van der Waals surface area contributed by atoms with Gasteiger partial charge >= 0.3 is 0 Å². The Kier molecular flexibility index (Phi) is 5.74. The van der Waals surface area contributed by atoms with E-state index in [2.05, 4.69) is 39.0 Å². The topological polar surface area (TPSA) is 0 Å². The summed E-state index contributed by atoms with van der Waals surface area (Å²) in [5.41, 5.74) is 4.73. The van der Waals surface area contributed by atoms with Crippen LogP contribution >= 0.6 is 0 Å². The largest absolute Gasteiger partial charge is 0.0683 e. The summed E-state index contributed by atoms with van der Waals surface area (Å²) in [6.07, 6.45) is 5.34. The zero-order valence-corrected chi connectivity index (χ0v) is 12.2. The number of rotatable bonds is 2. The van der Waals surface area contributed by atoms with E-state index in [1.54, 1.807) is 11.1 Å². The number of fused-ring (bicyclic) bond motifs is 1. The maximum absolute atomic E-state index is 2.45. The first-order valence-corrected chi connectivity index (χ1v) is 7.32. The zero-order chi connectivity index (χ0) is 12.8. The van der Waals surface area contributed by atoms with Crippen molar-refractivity contribution >= 4 is 0 Å². The molecule has 96 valence electrons. The lowest BCUT2D eigenvalue weighted by molar-refractivity contribution is 0.444. The number of aryl methyl sites for hydroxylation is 1. The lowest BCUT2D eigenvalue weighted by Crippen LogP contribution is -2.13. The van der Waals surface area contributed by atoms with Crippen LogP contribution in [-0.4, -0.2) is 0 Å². The molecule has 0 amide bonds. The van der Waals surface area contributed by atoms with Gasteiger partial charge < -0.3 is 0 Å². The van der Waals surface area contributed by atoms with Gasteiger partial charge in [-0.3, -0.25) is 0 Å². The fourth-order valence-electron chi connectivity index (χ4n) is 2.56. The van der Waals surface area contributed by atoms with Crippen LogP contribution in [-0.2, 0) is 12.8 Å². The van der Waals surface area contributed by atoms with E-state index in [9.17, 15) is 0 Å². The Labute approximate surface area is 107 Å². The van der Waals surface area contributed by atoms with Crippen LogP contribution in [0.4, 0.5) is 0 Å². The highest BCUT2D eigenvalue weighted by molar-refractivity contribution is 5.35. The zero-order valence-electron chi connectivity index (χ0n) is 12.2. The van der Waals surface area contributed by atoms with E-state index >= 15 is 0 Å². The van der Waals surface area contributed by atoms with Crippen molar-refractivity contribution in [2.45, 2.75) is 66.2 Å². The van der Waals surface area contributed by atoms with Gasteiger partial charge in [0.25, 0.3) is 0 Å². The van der Waals surface area contributed by atoms with E-state index in [1.165, 1.54) is 31.2 Å². The van der Waals surface area contributed by atoms with Gasteiger partial charge in [-0.1, -0.05) is 59.2 Å². The molecule has 1 aromatic rings. The van der Waals surface area contributed by atoms with E-state index in [0.29, 0.717) is 5.92 Å². The molecule has 1 unspecified atom stereocenters. The first-order valence-electron chi connectivity index (χ1n) is 7.32. The third kappa shape index (κ3) is 3.59. The molecule has 0 nitrogen and oxygen atoms in total. The molecule has 0 radical (unpaired) electrons. The Morgan fingerprint density at radius 1 is 1.18 bits per heavy atom. The fourth-order valence-corrected chi connectivity index (χ4v) is 2.56. The van der Waals surface area contributed by atoms with Gasteiger partial charge in [0, 0.05) is 0 Å². The Morgan fingerprint density at radius 2 is 1.88 bits per heavy atom. The van der Waals surface area contributed by atoms with Crippen LogP contribution in [0.2, 0.25) is 0 Å². The maximum atomic E-state index is 2.45. The van der Waals surface area contributed by atoms with E-state index in [0.717, 1.165) is 5.92 Å². The third-order valence-corrected chi connectivity index (χ3v) is 3.80. The van der Waals surface area contributed by atoms with Gasteiger partial charge in [-0.25, -0.2) is 0 Å². The van der Waals surface area contributed by atoms with Gasteiger partial charge in [-0.05, 0) is 47.8 Å². The van der Waals surface area contributed by atoms with Gasteiger partial charge in [0.15, 0.2) is 0 Å². The summed E-state index contributed by atoms with van der Waals surface area (Å²) < 4.78 is 0. The smallest absolute Gasteiger partial charge is 0.0219 e. The van der Waals surface area contributed by atoms with Crippen molar-refractivity contribution in [3.63, 3.8) is 0 Å². The molecule has 0 aliphatic heterocycles. The Balaban J connectivity index is 0.000000686. The first kappa shape index (κ1) is 14.3. The average Bonchev–Trinajstić information content (AvgIpc) is 2.39.